The van der Waals surface area contributed by atoms with E-state index in [1.54, 1.807) is 6.07 Å². The van der Waals surface area contributed by atoms with Gasteiger partial charge in [-0.3, -0.25) is 9.67 Å². The first-order valence-corrected chi connectivity index (χ1v) is 11.7. The minimum absolute atomic E-state index is 0.0422. The molecule has 0 saturated heterocycles. The number of nitriles is 1. The molecule has 168 valence electrons. The van der Waals surface area contributed by atoms with Gasteiger partial charge in [0.15, 0.2) is 0 Å². The van der Waals surface area contributed by atoms with Crippen molar-refractivity contribution in [2.45, 2.75) is 32.2 Å². The van der Waals surface area contributed by atoms with Crippen LogP contribution < -0.4 is 0 Å². The summed E-state index contributed by atoms with van der Waals surface area (Å²) in [4.78, 5) is 4.92. The molecule has 6 heteroatoms. The lowest BCUT2D eigenvalue weighted by molar-refractivity contribution is 0.466. The second kappa shape index (κ2) is 8.11. The Morgan fingerprint density at radius 1 is 1.03 bits per heavy atom. The lowest BCUT2D eigenvalue weighted by Gasteiger charge is -2.15. The summed E-state index contributed by atoms with van der Waals surface area (Å²) < 4.78 is 18.8. The van der Waals surface area contributed by atoms with Gasteiger partial charge in [-0.05, 0) is 48.6 Å². The van der Waals surface area contributed by atoms with Crippen LogP contribution in [0.4, 0.5) is 4.39 Å². The quantitative estimate of drug-likeness (QED) is 0.316. The Bertz CT molecular complexity index is 1580. The van der Waals surface area contributed by atoms with Crippen LogP contribution in [0, 0.1) is 23.1 Å². The second-order valence-electron chi connectivity index (χ2n) is 9.25. The van der Waals surface area contributed by atoms with Gasteiger partial charge in [0, 0.05) is 41.7 Å². The number of hydrogen-bond donors (Lipinski definition) is 0. The zero-order chi connectivity index (χ0) is 23.2. The van der Waals surface area contributed by atoms with Crippen LogP contribution in [-0.2, 0) is 13.6 Å². The molecular weight excluding hydrogens is 425 g/mol. The average molecular weight is 450 g/mol. The maximum Gasteiger partial charge on any atom is 0.141 e. The van der Waals surface area contributed by atoms with Crippen LogP contribution in [0.1, 0.15) is 31.2 Å². The number of benzene rings is 2. The van der Waals surface area contributed by atoms with Crippen molar-refractivity contribution in [1.29, 1.82) is 5.26 Å². The minimum Gasteiger partial charge on any atom is -0.346 e. The van der Waals surface area contributed by atoms with Gasteiger partial charge in [-0.2, -0.15) is 10.4 Å². The molecule has 1 aliphatic carbocycles. The van der Waals surface area contributed by atoms with Crippen molar-refractivity contribution in [2.75, 3.05) is 0 Å². The van der Waals surface area contributed by atoms with Gasteiger partial charge in [-0.15, -0.1) is 0 Å². The summed E-state index contributed by atoms with van der Waals surface area (Å²) in [5, 5.41) is 15.7. The van der Waals surface area contributed by atoms with Crippen LogP contribution in [0.5, 0.6) is 0 Å². The zero-order valence-electron chi connectivity index (χ0n) is 19.0. The largest absolute Gasteiger partial charge is 0.346 e. The van der Waals surface area contributed by atoms with Gasteiger partial charge in [0.2, 0.25) is 0 Å². The van der Waals surface area contributed by atoms with Crippen LogP contribution in [-0.4, -0.2) is 19.3 Å². The number of rotatable bonds is 4. The molecule has 0 spiro atoms. The standard InChI is InChI=1S/C28H24FN5/c1-33-25-13-20(7-9-22(25)15-32-33)28-27(19-6-8-21(14-30)24(29)12-19)23-10-11-34(26(23)16-31-28)17-18-4-2-3-5-18/h6-13,15-16,18H,2-5,17H2,1H3. The lowest BCUT2D eigenvalue weighted by Crippen LogP contribution is -2.06. The Balaban J connectivity index is 1.57. The fourth-order valence-corrected chi connectivity index (χ4v) is 5.35. The molecule has 0 atom stereocenters. The van der Waals surface area contributed by atoms with E-state index >= 15 is 0 Å². The molecule has 1 saturated carbocycles. The van der Waals surface area contributed by atoms with E-state index in [1.165, 1.54) is 31.7 Å². The number of fused-ring (bicyclic) bond motifs is 2. The normalized spacial score (nSPS) is 14.3. The van der Waals surface area contributed by atoms with E-state index in [1.807, 2.05) is 48.4 Å². The molecular formula is C28H24FN5. The molecule has 5 nitrogen and oxygen atoms in total. The van der Waals surface area contributed by atoms with Crippen molar-refractivity contribution in [3.8, 4) is 28.5 Å². The zero-order valence-corrected chi connectivity index (χ0v) is 19.0. The summed E-state index contributed by atoms with van der Waals surface area (Å²) in [6.07, 6.45) is 11.1. The molecule has 3 aromatic heterocycles. The predicted octanol–water partition coefficient (Wildman–Crippen LogP) is 6.46. The molecule has 1 aliphatic rings. The molecule has 0 unspecified atom stereocenters. The Labute approximate surface area is 197 Å². The highest BCUT2D eigenvalue weighted by molar-refractivity contribution is 6.02. The molecule has 6 rings (SSSR count). The Morgan fingerprint density at radius 3 is 2.65 bits per heavy atom. The molecule has 3 heterocycles. The van der Waals surface area contributed by atoms with Crippen LogP contribution >= 0.6 is 0 Å². The van der Waals surface area contributed by atoms with Crippen LogP contribution in [0.25, 0.3) is 44.2 Å². The third-order valence-electron chi connectivity index (χ3n) is 7.16. The Hall–Kier alpha value is -3.98. The maximum atomic E-state index is 14.7. The maximum absolute atomic E-state index is 14.7. The van der Waals surface area contributed by atoms with Crippen LogP contribution in [0.3, 0.4) is 0 Å². The fraction of sp³-hybridized carbons (Fsp3) is 0.250. The molecule has 34 heavy (non-hydrogen) atoms. The highest BCUT2D eigenvalue weighted by Gasteiger charge is 2.20. The summed E-state index contributed by atoms with van der Waals surface area (Å²) in [5.41, 5.74) is 5.44. The number of aromatic nitrogens is 4. The summed E-state index contributed by atoms with van der Waals surface area (Å²) >= 11 is 0. The number of hydrogen-bond acceptors (Lipinski definition) is 3. The van der Waals surface area contributed by atoms with Crippen molar-refractivity contribution in [2.24, 2.45) is 13.0 Å². The van der Waals surface area contributed by atoms with Crippen molar-refractivity contribution in [3.05, 3.63) is 72.4 Å². The highest BCUT2D eigenvalue weighted by Crippen LogP contribution is 2.39. The Morgan fingerprint density at radius 2 is 1.85 bits per heavy atom. The van der Waals surface area contributed by atoms with Gasteiger partial charge in [-0.25, -0.2) is 4.39 Å². The number of aryl methyl sites for hydroxylation is 1. The van der Waals surface area contributed by atoms with Gasteiger partial charge in [-0.1, -0.05) is 31.0 Å². The Kier molecular flexibility index (Phi) is 4.91. The second-order valence-corrected chi connectivity index (χ2v) is 9.25. The van der Waals surface area contributed by atoms with Crippen molar-refractivity contribution in [3.63, 3.8) is 0 Å². The summed E-state index contributed by atoms with van der Waals surface area (Å²) in [6, 6.07) is 15.0. The monoisotopic (exact) mass is 449 g/mol. The van der Waals surface area contributed by atoms with Crippen molar-refractivity contribution >= 4 is 21.8 Å². The predicted molar refractivity (Wildman–Crippen MR) is 132 cm³/mol. The average Bonchev–Trinajstić information content (AvgIpc) is 3.60. The summed E-state index contributed by atoms with van der Waals surface area (Å²) in [5.74, 6) is 0.175. The first kappa shape index (κ1) is 20.6. The molecule has 0 bridgehead atoms. The van der Waals surface area contributed by atoms with Gasteiger partial charge >= 0.3 is 0 Å². The van der Waals surface area contributed by atoms with E-state index in [0.29, 0.717) is 11.5 Å². The highest BCUT2D eigenvalue weighted by atomic mass is 19.1. The van der Waals surface area contributed by atoms with E-state index in [4.69, 9.17) is 4.98 Å². The third-order valence-corrected chi connectivity index (χ3v) is 7.16. The van der Waals surface area contributed by atoms with Gasteiger partial charge in [0.25, 0.3) is 0 Å². The first-order valence-electron chi connectivity index (χ1n) is 11.7. The third kappa shape index (κ3) is 3.36. The van der Waals surface area contributed by atoms with Gasteiger partial charge < -0.3 is 4.57 Å². The smallest absolute Gasteiger partial charge is 0.141 e. The summed E-state index contributed by atoms with van der Waals surface area (Å²) in [6.45, 7) is 0.979. The molecule has 2 aromatic carbocycles. The topological polar surface area (TPSA) is 59.4 Å². The van der Waals surface area contributed by atoms with Gasteiger partial charge in [0.05, 0.1) is 34.7 Å². The number of nitrogens with zero attached hydrogens (tertiary/aromatic N) is 5. The SMILES string of the molecule is Cn1ncc2ccc(-c3ncc4c(ccn4CC4CCCC4)c3-c3ccc(C#N)c(F)c3)cc21. The van der Waals surface area contributed by atoms with Crippen LogP contribution in [0.2, 0.25) is 0 Å². The van der Waals surface area contributed by atoms with Crippen molar-refractivity contribution < 1.29 is 4.39 Å². The molecule has 0 N–H and O–H groups in total. The van der Waals surface area contributed by atoms with E-state index < -0.39 is 5.82 Å². The molecule has 0 radical (unpaired) electrons. The summed E-state index contributed by atoms with van der Waals surface area (Å²) in [7, 11) is 1.92. The molecule has 0 aliphatic heterocycles. The van der Waals surface area contributed by atoms with Crippen LogP contribution in [0.15, 0.2) is 61.1 Å². The van der Waals surface area contributed by atoms with Crippen molar-refractivity contribution in [1.82, 2.24) is 19.3 Å². The van der Waals surface area contributed by atoms with E-state index in [-0.39, 0.29) is 5.56 Å². The van der Waals surface area contributed by atoms with Gasteiger partial charge in [0.1, 0.15) is 11.9 Å². The fourth-order valence-electron chi connectivity index (χ4n) is 5.35. The molecule has 0 amide bonds. The van der Waals surface area contributed by atoms with E-state index in [9.17, 15) is 9.65 Å². The van der Waals surface area contributed by atoms with E-state index in [2.05, 4.69) is 28.0 Å². The number of pyridine rings is 1. The first-order chi connectivity index (χ1) is 16.6. The minimum atomic E-state index is -0.518. The van der Waals surface area contributed by atoms with E-state index in [0.717, 1.165) is 45.2 Å². The lowest BCUT2D eigenvalue weighted by atomic mass is 9.95. The molecule has 5 aromatic rings. The number of halogens is 1. The molecule has 1 fully saturated rings.